The molecule has 0 amide bonds. The fourth-order valence-corrected chi connectivity index (χ4v) is 1.66. The van der Waals surface area contributed by atoms with Crippen molar-refractivity contribution in [3.8, 4) is 5.69 Å². The van der Waals surface area contributed by atoms with Crippen LogP contribution < -0.4 is 5.56 Å². The molecule has 0 saturated carbocycles. The number of carbonyl (C=O) groups is 1. The zero-order valence-corrected chi connectivity index (χ0v) is 10.3. The highest BCUT2D eigenvalue weighted by Crippen LogP contribution is 2.07. The third-order valence-electron chi connectivity index (χ3n) is 2.55. The molecule has 0 atom stereocenters. The fraction of sp³-hybridized carbons (Fsp3) is 0.143. The molecule has 0 spiro atoms. The molecule has 1 aromatic heterocycles. The van der Waals surface area contributed by atoms with E-state index in [1.807, 2.05) is 0 Å². The van der Waals surface area contributed by atoms with Crippen molar-refractivity contribution in [3.05, 3.63) is 64.3 Å². The zero-order chi connectivity index (χ0) is 13.8. The van der Waals surface area contributed by atoms with Crippen molar-refractivity contribution in [2.24, 2.45) is 0 Å². The Morgan fingerprint density at radius 1 is 1.26 bits per heavy atom. The maximum atomic E-state index is 12.8. The van der Waals surface area contributed by atoms with Crippen molar-refractivity contribution in [1.82, 2.24) is 4.57 Å². The normalized spacial score (nSPS) is 10.2. The number of rotatable bonds is 3. The SMILES string of the molecule is CCOC(=O)c1cccn(-c2ccc(F)cc2)c1=O. The Balaban J connectivity index is 2.48. The summed E-state index contributed by atoms with van der Waals surface area (Å²) in [6, 6.07) is 8.40. The molecular formula is C14H12FNO3. The minimum absolute atomic E-state index is 0.0475. The van der Waals surface area contributed by atoms with E-state index < -0.39 is 17.3 Å². The van der Waals surface area contributed by atoms with E-state index >= 15 is 0 Å². The molecule has 98 valence electrons. The number of aromatic nitrogens is 1. The summed E-state index contributed by atoms with van der Waals surface area (Å²) in [5.41, 5.74) is -0.0567. The second-order valence-electron chi connectivity index (χ2n) is 3.79. The maximum absolute atomic E-state index is 12.8. The molecule has 0 fully saturated rings. The highest BCUT2D eigenvalue weighted by molar-refractivity contribution is 5.88. The smallest absolute Gasteiger partial charge is 0.343 e. The van der Waals surface area contributed by atoms with Gasteiger partial charge in [-0.3, -0.25) is 9.36 Å². The summed E-state index contributed by atoms with van der Waals surface area (Å²) in [4.78, 5) is 23.7. The van der Waals surface area contributed by atoms with Crippen LogP contribution in [0.15, 0.2) is 47.4 Å². The van der Waals surface area contributed by atoms with Gasteiger partial charge in [0.25, 0.3) is 5.56 Å². The summed E-state index contributed by atoms with van der Waals surface area (Å²) in [7, 11) is 0. The first kappa shape index (κ1) is 13.0. The lowest BCUT2D eigenvalue weighted by molar-refractivity contribution is 0.0524. The average Bonchev–Trinajstić information content (AvgIpc) is 2.40. The van der Waals surface area contributed by atoms with Gasteiger partial charge in [0.2, 0.25) is 0 Å². The van der Waals surface area contributed by atoms with E-state index in [4.69, 9.17) is 4.74 Å². The van der Waals surface area contributed by atoms with E-state index in [0.717, 1.165) is 0 Å². The number of nitrogens with zero attached hydrogens (tertiary/aromatic N) is 1. The van der Waals surface area contributed by atoms with Gasteiger partial charge in [-0.15, -0.1) is 0 Å². The number of esters is 1. The van der Waals surface area contributed by atoms with Crippen molar-refractivity contribution >= 4 is 5.97 Å². The van der Waals surface area contributed by atoms with Crippen LogP contribution in [0.5, 0.6) is 0 Å². The van der Waals surface area contributed by atoms with Crippen LogP contribution in [0.4, 0.5) is 4.39 Å². The van der Waals surface area contributed by atoms with Crippen molar-refractivity contribution in [1.29, 1.82) is 0 Å². The second-order valence-corrected chi connectivity index (χ2v) is 3.79. The number of halogens is 1. The quantitative estimate of drug-likeness (QED) is 0.795. The molecule has 2 rings (SSSR count). The Morgan fingerprint density at radius 3 is 2.58 bits per heavy atom. The molecule has 1 aromatic carbocycles. The second kappa shape index (κ2) is 5.48. The Labute approximate surface area is 109 Å². The molecule has 4 nitrogen and oxygen atoms in total. The summed E-state index contributed by atoms with van der Waals surface area (Å²) in [6.07, 6.45) is 1.51. The summed E-state index contributed by atoms with van der Waals surface area (Å²) in [5, 5.41) is 0. The van der Waals surface area contributed by atoms with Gasteiger partial charge in [-0.05, 0) is 43.3 Å². The van der Waals surface area contributed by atoms with Gasteiger partial charge >= 0.3 is 5.97 Å². The number of carbonyl (C=O) groups excluding carboxylic acids is 1. The molecule has 19 heavy (non-hydrogen) atoms. The number of ether oxygens (including phenoxy) is 1. The highest BCUT2D eigenvalue weighted by Gasteiger charge is 2.13. The van der Waals surface area contributed by atoms with E-state index in [9.17, 15) is 14.0 Å². The first-order chi connectivity index (χ1) is 9.13. The molecule has 0 saturated heterocycles. The van der Waals surface area contributed by atoms with Crippen molar-refractivity contribution in [2.45, 2.75) is 6.92 Å². The molecule has 0 N–H and O–H groups in total. The van der Waals surface area contributed by atoms with Crippen LogP contribution in [-0.2, 0) is 4.74 Å². The lowest BCUT2D eigenvalue weighted by Crippen LogP contribution is -2.25. The number of benzene rings is 1. The summed E-state index contributed by atoms with van der Waals surface area (Å²) in [6.45, 7) is 1.86. The molecule has 0 unspecified atom stereocenters. The van der Waals surface area contributed by atoms with Crippen molar-refractivity contribution < 1.29 is 13.9 Å². The van der Waals surface area contributed by atoms with Gasteiger partial charge in [0, 0.05) is 11.9 Å². The third-order valence-corrected chi connectivity index (χ3v) is 2.55. The maximum Gasteiger partial charge on any atom is 0.343 e. The lowest BCUT2D eigenvalue weighted by Gasteiger charge is -2.07. The molecule has 0 aliphatic heterocycles. The van der Waals surface area contributed by atoms with Gasteiger partial charge in [0.05, 0.1) is 6.61 Å². The van der Waals surface area contributed by atoms with Crippen LogP contribution >= 0.6 is 0 Å². The molecule has 0 aliphatic carbocycles. The van der Waals surface area contributed by atoms with Gasteiger partial charge in [-0.1, -0.05) is 0 Å². The predicted molar refractivity (Wildman–Crippen MR) is 68.0 cm³/mol. The molecule has 5 heteroatoms. The van der Waals surface area contributed by atoms with Crippen molar-refractivity contribution in [3.63, 3.8) is 0 Å². The number of pyridine rings is 1. The summed E-state index contributed by atoms with van der Waals surface area (Å²) >= 11 is 0. The van der Waals surface area contributed by atoms with Crippen LogP contribution in [0.3, 0.4) is 0 Å². The summed E-state index contributed by atoms with van der Waals surface area (Å²) in [5.74, 6) is -1.05. The minimum Gasteiger partial charge on any atom is -0.462 e. The van der Waals surface area contributed by atoms with Crippen LogP contribution in [-0.4, -0.2) is 17.1 Å². The third kappa shape index (κ3) is 2.70. The van der Waals surface area contributed by atoms with Gasteiger partial charge < -0.3 is 4.74 Å². The molecule has 0 bridgehead atoms. The standard InChI is InChI=1S/C14H12FNO3/c1-2-19-14(18)12-4-3-9-16(13(12)17)11-7-5-10(15)6-8-11/h3-9H,2H2,1H3. The van der Waals surface area contributed by atoms with Gasteiger partial charge in [0.15, 0.2) is 0 Å². The minimum atomic E-state index is -0.663. The van der Waals surface area contributed by atoms with E-state index in [1.54, 1.807) is 13.0 Å². The Bertz CT molecular complexity index is 646. The summed E-state index contributed by atoms with van der Waals surface area (Å²) < 4.78 is 18.9. The van der Waals surface area contributed by atoms with E-state index in [0.29, 0.717) is 5.69 Å². The largest absolute Gasteiger partial charge is 0.462 e. The van der Waals surface area contributed by atoms with Gasteiger partial charge in [0.1, 0.15) is 11.4 Å². The van der Waals surface area contributed by atoms with E-state index in [2.05, 4.69) is 0 Å². The number of hydrogen-bond acceptors (Lipinski definition) is 3. The topological polar surface area (TPSA) is 48.3 Å². The van der Waals surface area contributed by atoms with Crippen molar-refractivity contribution in [2.75, 3.05) is 6.61 Å². The average molecular weight is 261 g/mol. The van der Waals surface area contributed by atoms with Crippen LogP contribution in [0, 0.1) is 5.82 Å². The number of hydrogen-bond donors (Lipinski definition) is 0. The first-order valence-electron chi connectivity index (χ1n) is 5.78. The first-order valence-corrected chi connectivity index (χ1v) is 5.78. The van der Waals surface area contributed by atoms with Gasteiger partial charge in [-0.2, -0.15) is 0 Å². The predicted octanol–water partition coefficient (Wildman–Crippen LogP) is 2.15. The van der Waals surface area contributed by atoms with Crippen LogP contribution in [0.25, 0.3) is 5.69 Å². The molecular weight excluding hydrogens is 249 g/mol. The van der Waals surface area contributed by atoms with Crippen LogP contribution in [0.2, 0.25) is 0 Å². The Hall–Kier alpha value is -2.43. The molecule has 2 aromatic rings. The van der Waals surface area contributed by atoms with E-state index in [-0.39, 0.29) is 12.2 Å². The highest BCUT2D eigenvalue weighted by atomic mass is 19.1. The fourth-order valence-electron chi connectivity index (χ4n) is 1.66. The van der Waals surface area contributed by atoms with E-state index in [1.165, 1.54) is 41.1 Å². The van der Waals surface area contributed by atoms with Gasteiger partial charge in [-0.25, -0.2) is 9.18 Å². The molecule has 1 heterocycles. The lowest BCUT2D eigenvalue weighted by atomic mass is 10.2. The van der Waals surface area contributed by atoms with Crippen LogP contribution in [0.1, 0.15) is 17.3 Å². The molecule has 0 radical (unpaired) electrons. The zero-order valence-electron chi connectivity index (χ0n) is 10.3. The Kier molecular flexibility index (Phi) is 3.75. The Morgan fingerprint density at radius 2 is 1.95 bits per heavy atom. The molecule has 0 aliphatic rings. The monoisotopic (exact) mass is 261 g/mol.